The van der Waals surface area contributed by atoms with Crippen molar-refractivity contribution < 1.29 is 27.8 Å². The third-order valence-electron chi connectivity index (χ3n) is 7.40. The van der Waals surface area contributed by atoms with E-state index in [-0.39, 0.29) is 5.91 Å². The van der Waals surface area contributed by atoms with Gasteiger partial charge in [-0.3, -0.25) is 4.79 Å². The van der Waals surface area contributed by atoms with Crippen LogP contribution in [0.3, 0.4) is 0 Å². The van der Waals surface area contributed by atoms with Crippen molar-refractivity contribution in [3.63, 3.8) is 0 Å². The number of alkyl halides is 3. The molecule has 3 fully saturated rings. The molecule has 0 aliphatic carbocycles. The Hall–Kier alpha value is -2.58. The second-order valence-electron chi connectivity index (χ2n) is 9.85. The van der Waals surface area contributed by atoms with E-state index in [2.05, 4.69) is 4.90 Å². The number of amides is 1. The maximum atomic E-state index is 12.8. The summed E-state index contributed by atoms with van der Waals surface area (Å²) >= 11 is 0. The predicted octanol–water partition coefficient (Wildman–Crippen LogP) is 3.84. The number of benzene rings is 2. The Bertz CT molecular complexity index is 1020. The van der Waals surface area contributed by atoms with Gasteiger partial charge in [-0.2, -0.15) is 13.2 Å². The van der Waals surface area contributed by atoms with Gasteiger partial charge in [-0.25, -0.2) is 0 Å². The lowest BCUT2D eigenvalue weighted by atomic mass is 9.90. The van der Waals surface area contributed by atoms with Gasteiger partial charge in [-0.15, -0.1) is 0 Å². The fourth-order valence-corrected chi connectivity index (χ4v) is 5.35. The number of aliphatic hydroxyl groups is 1. The van der Waals surface area contributed by atoms with Gasteiger partial charge in [-0.1, -0.05) is 24.3 Å². The maximum Gasteiger partial charge on any atom is 0.416 e. The van der Waals surface area contributed by atoms with E-state index in [1.165, 1.54) is 0 Å². The molecule has 3 aliphatic heterocycles. The summed E-state index contributed by atoms with van der Waals surface area (Å²) in [6.07, 6.45) is -2.31. The first-order valence-corrected chi connectivity index (χ1v) is 11.8. The van der Waals surface area contributed by atoms with Crippen LogP contribution in [0.25, 0.3) is 0 Å². The van der Waals surface area contributed by atoms with Gasteiger partial charge in [0.1, 0.15) is 5.60 Å². The number of aryl methyl sites for hydroxylation is 1. The van der Waals surface area contributed by atoms with Gasteiger partial charge in [0.05, 0.1) is 18.8 Å². The van der Waals surface area contributed by atoms with E-state index in [4.69, 9.17) is 4.74 Å². The monoisotopic (exact) mass is 474 g/mol. The van der Waals surface area contributed by atoms with E-state index in [9.17, 15) is 23.1 Å². The number of fused-ring (bicyclic) bond motifs is 1. The quantitative estimate of drug-likeness (QED) is 0.691. The largest absolute Gasteiger partial charge is 0.416 e. The minimum Gasteiger partial charge on any atom is -0.380 e. The zero-order valence-corrected chi connectivity index (χ0v) is 18.9. The van der Waals surface area contributed by atoms with Crippen LogP contribution in [0.4, 0.5) is 18.9 Å². The van der Waals surface area contributed by atoms with E-state index in [0.29, 0.717) is 44.6 Å². The van der Waals surface area contributed by atoms with Crippen molar-refractivity contribution >= 4 is 11.6 Å². The van der Waals surface area contributed by atoms with Crippen LogP contribution < -0.4 is 4.90 Å². The van der Waals surface area contributed by atoms with Crippen LogP contribution >= 0.6 is 0 Å². The number of carbonyl (C=O) groups is 1. The number of ether oxygens (including phenoxy) is 1. The van der Waals surface area contributed by atoms with Crippen molar-refractivity contribution in [3.8, 4) is 0 Å². The minimum absolute atomic E-state index is 0.164. The standard InChI is InChI=1S/C26H29F3N2O3/c27-26(28,29)21-7-9-23(10-8-21)30-12-19-14-31(15-20(19)13-30)24(32)6-2-4-18-3-1-5-22(11-18)25(33)16-34-17-25/h1,3,5,7-11,19-20,33H,2,4,6,12-17H2. The van der Waals surface area contributed by atoms with Crippen molar-refractivity contribution in [2.75, 3.05) is 44.3 Å². The van der Waals surface area contributed by atoms with E-state index < -0.39 is 17.3 Å². The lowest BCUT2D eigenvalue weighted by Gasteiger charge is -2.36. The number of hydrogen-bond acceptors (Lipinski definition) is 4. The second-order valence-corrected chi connectivity index (χ2v) is 9.85. The lowest BCUT2D eigenvalue weighted by molar-refractivity contribution is -0.184. The van der Waals surface area contributed by atoms with Crippen molar-refractivity contribution in [1.29, 1.82) is 0 Å². The van der Waals surface area contributed by atoms with Crippen LogP contribution in [0.2, 0.25) is 0 Å². The van der Waals surface area contributed by atoms with Gasteiger partial charge in [0.15, 0.2) is 0 Å². The fraction of sp³-hybridized carbons (Fsp3) is 0.500. The van der Waals surface area contributed by atoms with Crippen molar-refractivity contribution in [2.45, 2.75) is 31.0 Å². The molecule has 0 spiro atoms. The first kappa shape index (κ1) is 23.2. The Morgan fingerprint density at radius 2 is 1.71 bits per heavy atom. The summed E-state index contributed by atoms with van der Waals surface area (Å²) in [5, 5.41) is 10.4. The molecule has 0 radical (unpaired) electrons. The molecule has 3 saturated heterocycles. The molecule has 0 aromatic heterocycles. The molecule has 5 nitrogen and oxygen atoms in total. The number of rotatable bonds is 6. The van der Waals surface area contributed by atoms with Crippen molar-refractivity contribution in [3.05, 3.63) is 65.2 Å². The van der Waals surface area contributed by atoms with Crippen LogP contribution in [0.5, 0.6) is 0 Å². The smallest absolute Gasteiger partial charge is 0.380 e. The predicted molar refractivity (Wildman–Crippen MR) is 121 cm³/mol. The number of likely N-dealkylation sites (tertiary alicyclic amines) is 1. The summed E-state index contributed by atoms with van der Waals surface area (Å²) in [6.45, 7) is 3.59. The Labute approximate surface area is 197 Å². The van der Waals surface area contributed by atoms with Gasteiger partial charge >= 0.3 is 6.18 Å². The first-order chi connectivity index (χ1) is 16.2. The Balaban J connectivity index is 1.09. The number of anilines is 1. The molecule has 182 valence electrons. The van der Waals surface area contributed by atoms with Gasteiger partial charge in [0.25, 0.3) is 0 Å². The summed E-state index contributed by atoms with van der Waals surface area (Å²) in [7, 11) is 0. The molecule has 2 atom stereocenters. The topological polar surface area (TPSA) is 53.0 Å². The minimum atomic E-state index is -4.32. The average molecular weight is 475 g/mol. The van der Waals surface area contributed by atoms with Crippen LogP contribution in [-0.2, 0) is 27.7 Å². The molecule has 8 heteroatoms. The highest BCUT2D eigenvalue weighted by Gasteiger charge is 2.42. The summed E-state index contributed by atoms with van der Waals surface area (Å²) in [6, 6.07) is 13.2. The van der Waals surface area contributed by atoms with E-state index >= 15 is 0 Å². The third kappa shape index (κ3) is 4.66. The molecule has 5 rings (SSSR count). The van der Waals surface area contributed by atoms with Crippen LogP contribution in [-0.4, -0.2) is 55.3 Å². The molecule has 0 bridgehead atoms. The van der Waals surface area contributed by atoms with Gasteiger partial charge < -0.3 is 19.6 Å². The molecule has 0 saturated carbocycles. The van der Waals surface area contributed by atoms with Gasteiger partial charge in [0, 0.05) is 50.1 Å². The van der Waals surface area contributed by atoms with Crippen LogP contribution in [0, 0.1) is 11.8 Å². The van der Waals surface area contributed by atoms with Gasteiger partial charge in [0.2, 0.25) is 5.91 Å². The molecule has 3 heterocycles. The number of halogens is 3. The van der Waals surface area contributed by atoms with Crippen molar-refractivity contribution in [2.24, 2.45) is 11.8 Å². The highest BCUT2D eigenvalue weighted by atomic mass is 19.4. The van der Waals surface area contributed by atoms with Gasteiger partial charge in [-0.05, 0) is 48.2 Å². The lowest BCUT2D eigenvalue weighted by Crippen LogP contribution is -2.46. The molecule has 1 amide bonds. The van der Waals surface area contributed by atoms with Crippen LogP contribution in [0.1, 0.15) is 29.5 Å². The third-order valence-corrected chi connectivity index (χ3v) is 7.40. The Morgan fingerprint density at radius 1 is 1.03 bits per heavy atom. The Morgan fingerprint density at radius 3 is 2.29 bits per heavy atom. The molecule has 34 heavy (non-hydrogen) atoms. The zero-order valence-electron chi connectivity index (χ0n) is 18.9. The molecule has 2 unspecified atom stereocenters. The van der Waals surface area contributed by atoms with Crippen LogP contribution in [0.15, 0.2) is 48.5 Å². The summed E-state index contributed by atoms with van der Waals surface area (Å²) in [5.74, 6) is 0.874. The Kier molecular flexibility index (Phi) is 6.06. The van der Waals surface area contributed by atoms with E-state index in [0.717, 1.165) is 54.9 Å². The molecular weight excluding hydrogens is 445 g/mol. The average Bonchev–Trinajstić information content (AvgIpc) is 3.37. The maximum absolute atomic E-state index is 12.8. The summed E-state index contributed by atoms with van der Waals surface area (Å²) in [4.78, 5) is 16.9. The van der Waals surface area contributed by atoms with E-state index in [1.54, 1.807) is 12.1 Å². The fourth-order valence-electron chi connectivity index (χ4n) is 5.35. The molecule has 2 aromatic carbocycles. The van der Waals surface area contributed by atoms with Crippen molar-refractivity contribution in [1.82, 2.24) is 4.90 Å². The molecule has 3 aliphatic rings. The first-order valence-electron chi connectivity index (χ1n) is 11.8. The normalized spacial score (nSPS) is 23.6. The molecule has 1 N–H and O–H groups in total. The molecule has 2 aromatic rings. The number of nitrogens with zero attached hydrogens (tertiary/aromatic N) is 2. The summed E-state index contributed by atoms with van der Waals surface area (Å²) < 4.78 is 43.6. The number of hydrogen-bond donors (Lipinski definition) is 1. The number of carbonyl (C=O) groups excluding carboxylic acids is 1. The summed E-state index contributed by atoms with van der Waals surface area (Å²) in [5.41, 5.74) is 1.27. The highest BCUT2D eigenvalue weighted by Crippen LogP contribution is 2.36. The highest BCUT2D eigenvalue weighted by molar-refractivity contribution is 5.76. The SMILES string of the molecule is O=C(CCCc1cccc(C2(O)COC2)c1)N1CC2CN(c3ccc(C(F)(F)F)cc3)CC2C1. The second kappa shape index (κ2) is 8.89. The molecular formula is C26H29F3N2O3. The zero-order chi connectivity index (χ0) is 23.9. The van der Waals surface area contributed by atoms with E-state index in [1.807, 2.05) is 29.2 Å².